The normalized spacial score (nSPS) is 22.6. The Morgan fingerprint density at radius 2 is 2.09 bits per heavy atom. The topological polar surface area (TPSA) is 46.8 Å². The van der Waals surface area contributed by atoms with Crippen molar-refractivity contribution in [2.45, 2.75) is 26.1 Å². The van der Waals surface area contributed by atoms with Crippen LogP contribution in [0.5, 0.6) is 0 Å². The van der Waals surface area contributed by atoms with Gasteiger partial charge in [-0.05, 0) is 32.1 Å². The van der Waals surface area contributed by atoms with Crippen LogP contribution in [0.1, 0.15) is 19.5 Å². The van der Waals surface area contributed by atoms with Gasteiger partial charge in [-0.25, -0.2) is 4.98 Å². The molecule has 2 atom stereocenters. The van der Waals surface area contributed by atoms with Crippen molar-refractivity contribution in [2.75, 3.05) is 13.1 Å². The van der Waals surface area contributed by atoms with Crippen molar-refractivity contribution >= 4 is 29.2 Å². The zero-order valence-electron chi connectivity index (χ0n) is 12.6. The Hall–Kier alpha value is -1.85. The molecule has 1 aliphatic heterocycles. The molecule has 3 rings (SSSR count). The van der Waals surface area contributed by atoms with E-state index in [2.05, 4.69) is 4.98 Å². The zero-order chi connectivity index (χ0) is 15.7. The number of aromatic nitrogens is 2. The lowest BCUT2D eigenvalue weighted by Gasteiger charge is -2.34. The molecule has 116 valence electrons. The molecule has 2 unspecified atom stereocenters. The maximum atomic E-state index is 12.3. The van der Waals surface area contributed by atoms with Gasteiger partial charge in [-0.3, -0.25) is 9.20 Å². The highest BCUT2D eigenvalue weighted by molar-refractivity contribution is 6.31. The van der Waals surface area contributed by atoms with Gasteiger partial charge in [0.1, 0.15) is 5.65 Å². The number of halogens is 1. The highest BCUT2D eigenvalue weighted by Gasteiger charge is 2.24. The Morgan fingerprint density at radius 3 is 2.82 bits per heavy atom. The van der Waals surface area contributed by atoms with Crippen LogP contribution < -0.4 is 0 Å². The zero-order valence-corrected chi connectivity index (χ0v) is 13.3. The molecule has 1 saturated heterocycles. The average Bonchev–Trinajstić information content (AvgIpc) is 2.79. The largest absolute Gasteiger partial charge is 0.372 e. The van der Waals surface area contributed by atoms with Gasteiger partial charge in [0, 0.05) is 25.4 Å². The maximum absolute atomic E-state index is 12.3. The smallest absolute Gasteiger partial charge is 0.246 e. The van der Waals surface area contributed by atoms with Crippen LogP contribution in [0.4, 0.5) is 0 Å². The van der Waals surface area contributed by atoms with Crippen LogP contribution in [0.25, 0.3) is 11.7 Å². The molecule has 2 aromatic heterocycles. The van der Waals surface area contributed by atoms with Crippen molar-refractivity contribution in [2.24, 2.45) is 0 Å². The Labute approximate surface area is 134 Å². The lowest BCUT2D eigenvalue weighted by atomic mass is 10.2. The number of carbonyl (C=O) groups excluding carboxylic acids is 1. The predicted octanol–water partition coefficient (Wildman–Crippen LogP) is 2.64. The van der Waals surface area contributed by atoms with E-state index in [1.807, 2.05) is 42.6 Å². The number of hydrogen-bond donors (Lipinski definition) is 0. The van der Waals surface area contributed by atoms with Crippen molar-refractivity contribution in [1.82, 2.24) is 14.3 Å². The molecule has 0 N–H and O–H groups in total. The summed E-state index contributed by atoms with van der Waals surface area (Å²) in [5.41, 5.74) is 1.47. The number of carbonyl (C=O) groups is 1. The van der Waals surface area contributed by atoms with Gasteiger partial charge in [-0.15, -0.1) is 0 Å². The number of fused-ring (bicyclic) bond motifs is 1. The average molecular weight is 320 g/mol. The highest BCUT2D eigenvalue weighted by atomic mass is 35.5. The first-order valence-corrected chi connectivity index (χ1v) is 7.67. The van der Waals surface area contributed by atoms with Gasteiger partial charge < -0.3 is 9.64 Å². The van der Waals surface area contributed by atoms with Gasteiger partial charge in [0.05, 0.1) is 17.9 Å². The second-order valence-corrected chi connectivity index (χ2v) is 5.91. The fraction of sp³-hybridized carbons (Fsp3) is 0.375. The van der Waals surface area contributed by atoms with Gasteiger partial charge >= 0.3 is 0 Å². The van der Waals surface area contributed by atoms with Gasteiger partial charge in [-0.2, -0.15) is 0 Å². The molecule has 0 saturated carbocycles. The molecule has 0 radical (unpaired) electrons. The third kappa shape index (κ3) is 3.00. The molecule has 0 spiro atoms. The van der Waals surface area contributed by atoms with Crippen LogP contribution in [0.3, 0.4) is 0 Å². The second kappa shape index (κ2) is 6.10. The first-order valence-electron chi connectivity index (χ1n) is 7.29. The Kier molecular flexibility index (Phi) is 4.18. The molecule has 1 fully saturated rings. The van der Waals surface area contributed by atoms with E-state index in [9.17, 15) is 4.79 Å². The van der Waals surface area contributed by atoms with Crippen LogP contribution in [0.2, 0.25) is 5.15 Å². The minimum absolute atomic E-state index is 0.0380. The van der Waals surface area contributed by atoms with Crippen molar-refractivity contribution in [1.29, 1.82) is 0 Å². The van der Waals surface area contributed by atoms with Crippen LogP contribution in [0.15, 0.2) is 30.5 Å². The number of ether oxygens (including phenoxy) is 1. The van der Waals surface area contributed by atoms with Crippen LogP contribution in [-0.2, 0) is 9.53 Å². The molecule has 0 bridgehead atoms. The van der Waals surface area contributed by atoms with E-state index in [0.717, 1.165) is 5.65 Å². The molecule has 2 aromatic rings. The summed E-state index contributed by atoms with van der Waals surface area (Å²) in [5, 5.41) is 0.388. The van der Waals surface area contributed by atoms with Gasteiger partial charge in [0.25, 0.3) is 0 Å². The standard InChI is InChI=1S/C16H18ClN3O2/c1-11-9-19(10-12(2)22-11)15(21)7-6-13-16(17)18-14-5-3-4-8-20(13)14/h3-8,11-12H,9-10H2,1-2H3/b7-6+. The molecular weight excluding hydrogens is 302 g/mol. The third-order valence-electron chi connectivity index (χ3n) is 3.64. The molecule has 3 heterocycles. The van der Waals surface area contributed by atoms with Gasteiger partial charge in [-0.1, -0.05) is 17.7 Å². The summed E-state index contributed by atoms with van der Waals surface area (Å²) in [6.45, 7) is 5.16. The lowest BCUT2D eigenvalue weighted by Crippen LogP contribution is -2.47. The van der Waals surface area contributed by atoms with Crippen molar-refractivity contribution < 1.29 is 9.53 Å². The fourth-order valence-electron chi connectivity index (χ4n) is 2.75. The summed E-state index contributed by atoms with van der Waals surface area (Å²) >= 11 is 6.16. The van der Waals surface area contributed by atoms with E-state index >= 15 is 0 Å². The fourth-order valence-corrected chi connectivity index (χ4v) is 2.99. The second-order valence-electron chi connectivity index (χ2n) is 5.55. The Bertz CT molecular complexity index is 715. The van der Waals surface area contributed by atoms with E-state index in [1.165, 1.54) is 0 Å². The molecule has 1 amide bonds. The minimum atomic E-state index is -0.0380. The van der Waals surface area contributed by atoms with Crippen molar-refractivity contribution in [3.63, 3.8) is 0 Å². The van der Waals surface area contributed by atoms with E-state index in [-0.39, 0.29) is 18.1 Å². The lowest BCUT2D eigenvalue weighted by molar-refractivity contribution is -0.137. The van der Waals surface area contributed by atoms with Gasteiger partial charge in [0.15, 0.2) is 5.15 Å². The summed E-state index contributed by atoms with van der Waals surface area (Å²) < 4.78 is 7.50. The minimum Gasteiger partial charge on any atom is -0.372 e. The monoisotopic (exact) mass is 319 g/mol. The molecule has 0 aromatic carbocycles. The quantitative estimate of drug-likeness (QED) is 0.799. The van der Waals surface area contributed by atoms with Crippen LogP contribution >= 0.6 is 11.6 Å². The van der Waals surface area contributed by atoms with Crippen molar-refractivity contribution in [3.8, 4) is 0 Å². The first kappa shape index (κ1) is 15.1. The highest BCUT2D eigenvalue weighted by Crippen LogP contribution is 2.19. The summed E-state index contributed by atoms with van der Waals surface area (Å²) in [6.07, 6.45) is 5.25. The Balaban J connectivity index is 1.80. The predicted molar refractivity (Wildman–Crippen MR) is 85.8 cm³/mol. The molecule has 22 heavy (non-hydrogen) atoms. The Morgan fingerprint density at radius 1 is 1.36 bits per heavy atom. The summed E-state index contributed by atoms with van der Waals surface area (Å²) in [4.78, 5) is 18.4. The summed E-state index contributed by atoms with van der Waals surface area (Å²) in [6, 6.07) is 5.67. The van der Waals surface area contributed by atoms with E-state index < -0.39 is 0 Å². The summed E-state index contributed by atoms with van der Waals surface area (Å²) in [7, 11) is 0. The van der Waals surface area contributed by atoms with E-state index in [0.29, 0.717) is 23.9 Å². The number of morpholine rings is 1. The van der Waals surface area contributed by atoms with Crippen LogP contribution in [-0.4, -0.2) is 45.5 Å². The number of hydrogen-bond acceptors (Lipinski definition) is 3. The summed E-state index contributed by atoms with van der Waals surface area (Å²) in [5.74, 6) is -0.0380. The molecule has 5 nitrogen and oxygen atoms in total. The van der Waals surface area contributed by atoms with Crippen LogP contribution in [0, 0.1) is 0 Å². The molecular formula is C16H18ClN3O2. The van der Waals surface area contributed by atoms with E-state index in [4.69, 9.17) is 16.3 Å². The SMILES string of the molecule is CC1CN(C(=O)/C=C/c2c(Cl)nc3ccccn23)CC(C)O1. The van der Waals surface area contributed by atoms with Gasteiger partial charge in [0.2, 0.25) is 5.91 Å². The third-order valence-corrected chi connectivity index (χ3v) is 3.92. The van der Waals surface area contributed by atoms with Crippen molar-refractivity contribution in [3.05, 3.63) is 41.3 Å². The number of nitrogens with zero attached hydrogens (tertiary/aromatic N) is 3. The molecule has 6 heteroatoms. The van der Waals surface area contributed by atoms with E-state index in [1.54, 1.807) is 17.1 Å². The maximum Gasteiger partial charge on any atom is 0.246 e. The number of amides is 1. The molecule has 0 aliphatic carbocycles. The number of rotatable bonds is 2. The number of pyridine rings is 1. The number of imidazole rings is 1. The first-order chi connectivity index (χ1) is 10.5. The molecule has 1 aliphatic rings.